The second-order valence-corrected chi connectivity index (χ2v) is 12.0. The lowest BCUT2D eigenvalue weighted by Gasteiger charge is -2.24. The van der Waals surface area contributed by atoms with E-state index in [9.17, 15) is 21.6 Å². The third-order valence-corrected chi connectivity index (χ3v) is 9.13. The first-order valence-corrected chi connectivity index (χ1v) is 13.2. The molecule has 0 radical (unpaired) electrons. The summed E-state index contributed by atoms with van der Waals surface area (Å²) >= 11 is 16.4. The predicted molar refractivity (Wildman–Crippen MR) is 121 cm³/mol. The van der Waals surface area contributed by atoms with Crippen LogP contribution in [0.3, 0.4) is 0 Å². The number of sulfonamides is 2. The Hall–Kier alpha value is -1.34. The summed E-state index contributed by atoms with van der Waals surface area (Å²) in [6.07, 6.45) is 0.0719. The Morgan fingerprint density at radius 3 is 2.23 bits per heavy atom. The molecule has 0 bridgehead atoms. The zero-order chi connectivity index (χ0) is 23.0. The molecule has 1 heterocycles. The Bertz CT molecular complexity index is 1180. The Labute approximate surface area is 196 Å². The number of carbonyl (C=O) groups is 1. The van der Waals surface area contributed by atoms with Crippen molar-refractivity contribution in [3.05, 3.63) is 58.1 Å². The monoisotopic (exact) mass is 523 g/mol. The van der Waals surface area contributed by atoms with E-state index < -0.39 is 37.2 Å². The van der Waals surface area contributed by atoms with Crippen LogP contribution < -0.4 is 10.3 Å². The summed E-state index contributed by atoms with van der Waals surface area (Å²) in [7, 11) is -8.30. The van der Waals surface area contributed by atoms with Gasteiger partial charge in [0, 0.05) is 11.8 Å². The van der Waals surface area contributed by atoms with Gasteiger partial charge in [-0.2, -0.15) is 16.9 Å². The Balaban J connectivity index is 1.82. The maximum absolute atomic E-state index is 13.2. The molecule has 2 atom stereocenters. The predicted octanol–water partition coefficient (Wildman–Crippen LogP) is 2.37. The number of rotatable bonds is 6. The minimum atomic E-state index is -4.26. The molecule has 8 nitrogen and oxygen atoms in total. The average Bonchev–Trinajstić information content (AvgIpc) is 3.09. The van der Waals surface area contributed by atoms with Gasteiger partial charge in [0.15, 0.2) is 0 Å². The average molecular weight is 524 g/mol. The molecule has 1 saturated heterocycles. The fourth-order valence-electron chi connectivity index (χ4n) is 3.11. The van der Waals surface area contributed by atoms with E-state index in [1.54, 1.807) is 19.1 Å². The number of halogens is 2. The zero-order valence-electron chi connectivity index (χ0n) is 16.1. The molecule has 168 valence electrons. The molecule has 3 rings (SSSR count). The minimum Gasteiger partial charge on any atom is -0.276 e. The van der Waals surface area contributed by atoms with E-state index in [4.69, 9.17) is 23.2 Å². The number of amides is 1. The first kappa shape index (κ1) is 24.3. The van der Waals surface area contributed by atoms with Crippen molar-refractivity contribution < 1.29 is 21.6 Å². The summed E-state index contributed by atoms with van der Waals surface area (Å²) < 4.78 is 52.1. The molecule has 2 aromatic rings. The van der Waals surface area contributed by atoms with Gasteiger partial charge in [0.25, 0.3) is 15.9 Å². The van der Waals surface area contributed by atoms with Gasteiger partial charge in [-0.15, -0.1) is 4.83 Å². The summed E-state index contributed by atoms with van der Waals surface area (Å²) in [6, 6.07) is 9.04. The molecule has 31 heavy (non-hydrogen) atoms. The maximum Gasteiger partial charge on any atom is 0.257 e. The van der Waals surface area contributed by atoms with E-state index >= 15 is 0 Å². The molecular weight excluding hydrogens is 505 g/mol. The topological polar surface area (TPSA) is 113 Å². The van der Waals surface area contributed by atoms with Crippen molar-refractivity contribution in [1.82, 2.24) is 14.6 Å². The van der Waals surface area contributed by atoms with Crippen LogP contribution in [0.15, 0.2) is 52.3 Å². The first-order valence-electron chi connectivity index (χ1n) is 8.96. The summed E-state index contributed by atoms with van der Waals surface area (Å²) in [5.74, 6) is -0.848. The fraction of sp³-hybridized carbons (Fsp3) is 0.278. The third-order valence-electron chi connectivity index (χ3n) is 4.66. The van der Waals surface area contributed by atoms with Crippen LogP contribution in [0.2, 0.25) is 10.0 Å². The highest BCUT2D eigenvalue weighted by Gasteiger charge is 2.44. The summed E-state index contributed by atoms with van der Waals surface area (Å²) in [6.45, 7) is 1.73. The van der Waals surface area contributed by atoms with Crippen LogP contribution in [0, 0.1) is 6.92 Å². The van der Waals surface area contributed by atoms with Gasteiger partial charge in [0.1, 0.15) is 10.9 Å². The number of aryl methyl sites for hydroxylation is 1. The molecule has 2 N–H and O–H groups in total. The van der Waals surface area contributed by atoms with Gasteiger partial charge in [-0.1, -0.05) is 47.0 Å². The van der Waals surface area contributed by atoms with Crippen molar-refractivity contribution in [2.24, 2.45) is 0 Å². The molecule has 1 aliphatic rings. The maximum atomic E-state index is 13.2. The number of thiol groups is 1. The first-order chi connectivity index (χ1) is 14.4. The van der Waals surface area contributed by atoms with Gasteiger partial charge >= 0.3 is 0 Å². The van der Waals surface area contributed by atoms with Crippen LogP contribution in [0.25, 0.3) is 0 Å². The molecule has 0 spiro atoms. The van der Waals surface area contributed by atoms with Crippen molar-refractivity contribution >= 4 is 61.8 Å². The highest BCUT2D eigenvalue weighted by Crippen LogP contribution is 2.35. The summed E-state index contributed by atoms with van der Waals surface area (Å²) in [5, 5.41) is -0.621. The van der Waals surface area contributed by atoms with Gasteiger partial charge in [-0.05, 0) is 37.6 Å². The third kappa shape index (κ3) is 5.19. The zero-order valence-corrected chi connectivity index (χ0v) is 20.2. The molecule has 0 aliphatic carbocycles. The van der Waals surface area contributed by atoms with Crippen molar-refractivity contribution in [1.29, 1.82) is 0 Å². The molecule has 1 aliphatic heterocycles. The highest BCUT2D eigenvalue weighted by molar-refractivity contribution is 7.89. The molecule has 1 fully saturated rings. The van der Waals surface area contributed by atoms with E-state index in [2.05, 4.69) is 18.1 Å². The van der Waals surface area contributed by atoms with Crippen molar-refractivity contribution in [3.8, 4) is 0 Å². The van der Waals surface area contributed by atoms with Crippen LogP contribution in [0.4, 0.5) is 0 Å². The molecule has 1 amide bonds. The van der Waals surface area contributed by atoms with E-state index in [1.807, 2.05) is 4.83 Å². The molecule has 0 aromatic heterocycles. The summed E-state index contributed by atoms with van der Waals surface area (Å²) in [5.41, 5.74) is 2.97. The lowest BCUT2D eigenvalue weighted by atomic mass is 10.2. The van der Waals surface area contributed by atoms with E-state index in [-0.39, 0.29) is 32.8 Å². The van der Waals surface area contributed by atoms with Crippen LogP contribution >= 0.6 is 35.8 Å². The van der Waals surface area contributed by atoms with Crippen LogP contribution in [-0.2, 0) is 24.8 Å². The fourth-order valence-corrected chi connectivity index (χ4v) is 7.18. The van der Waals surface area contributed by atoms with Gasteiger partial charge in [0.05, 0.1) is 14.9 Å². The number of hydrogen-bond donors (Lipinski definition) is 3. The smallest absolute Gasteiger partial charge is 0.257 e. The number of carbonyl (C=O) groups excluding carboxylic acids is 1. The van der Waals surface area contributed by atoms with E-state index in [1.165, 1.54) is 30.3 Å². The minimum absolute atomic E-state index is 0.0516. The molecule has 0 saturated carbocycles. The van der Waals surface area contributed by atoms with Crippen LogP contribution in [0.1, 0.15) is 12.0 Å². The number of benzene rings is 2. The molecule has 2 aromatic carbocycles. The molecule has 0 unspecified atom stereocenters. The van der Waals surface area contributed by atoms with Gasteiger partial charge in [-0.3, -0.25) is 10.2 Å². The lowest BCUT2D eigenvalue weighted by molar-refractivity contribution is -0.124. The quantitative estimate of drug-likeness (QED) is 0.397. The van der Waals surface area contributed by atoms with Crippen molar-refractivity contribution in [2.45, 2.75) is 34.4 Å². The SMILES string of the molecule is Cc1ccc(S(=O)(=O)NNC(=O)[C@@H]2C[C@@H](S)CN2S(=O)(=O)c2c(Cl)cccc2Cl)cc1. The Kier molecular flexibility index (Phi) is 7.26. The second-order valence-electron chi connectivity index (χ2n) is 6.94. The van der Waals surface area contributed by atoms with Gasteiger partial charge in [0.2, 0.25) is 10.0 Å². The van der Waals surface area contributed by atoms with Crippen molar-refractivity contribution in [3.63, 3.8) is 0 Å². The van der Waals surface area contributed by atoms with E-state index in [0.29, 0.717) is 0 Å². The number of hydrazine groups is 1. The van der Waals surface area contributed by atoms with Gasteiger partial charge in [-0.25, -0.2) is 16.8 Å². The van der Waals surface area contributed by atoms with E-state index in [0.717, 1.165) is 9.87 Å². The summed E-state index contributed by atoms with van der Waals surface area (Å²) in [4.78, 5) is 14.4. The lowest BCUT2D eigenvalue weighted by Crippen LogP contribution is -2.51. The number of hydrogen-bond acceptors (Lipinski definition) is 6. The van der Waals surface area contributed by atoms with Gasteiger partial charge < -0.3 is 0 Å². The number of nitrogens with zero attached hydrogens (tertiary/aromatic N) is 1. The van der Waals surface area contributed by atoms with Crippen molar-refractivity contribution in [2.75, 3.05) is 6.54 Å². The Morgan fingerprint density at radius 1 is 1.06 bits per heavy atom. The largest absolute Gasteiger partial charge is 0.276 e. The highest BCUT2D eigenvalue weighted by atomic mass is 35.5. The number of nitrogens with one attached hydrogen (secondary N) is 2. The Morgan fingerprint density at radius 2 is 1.65 bits per heavy atom. The van der Waals surface area contributed by atoms with Crippen LogP contribution in [-0.4, -0.2) is 44.9 Å². The second kappa shape index (κ2) is 9.26. The normalized spacial score (nSPS) is 20.0. The van der Waals surface area contributed by atoms with Crippen LogP contribution in [0.5, 0.6) is 0 Å². The molecular formula is C18H19Cl2N3O5S3. The standard InChI is InChI=1S/C18H19Cl2N3O5S3/c1-11-5-7-13(8-6-11)30(25,26)22-21-18(24)16-9-12(29)10-23(16)31(27,28)17-14(19)3-2-4-15(17)20/h2-8,12,16,22,29H,9-10H2,1H3,(H,21,24)/t12-,16+/m1/s1. The molecule has 13 heteroatoms.